The molecule has 0 amide bonds. The number of halogens is 1. The van der Waals surface area contributed by atoms with Gasteiger partial charge in [0, 0.05) is 47.3 Å². The van der Waals surface area contributed by atoms with Crippen molar-refractivity contribution >= 4 is 32.7 Å². The Balaban J connectivity index is 2.40. The van der Waals surface area contributed by atoms with E-state index >= 15 is 0 Å². The van der Waals surface area contributed by atoms with Gasteiger partial charge in [-0.15, -0.1) is 0 Å². The van der Waals surface area contributed by atoms with Gasteiger partial charge in [0.25, 0.3) is 0 Å². The van der Waals surface area contributed by atoms with Gasteiger partial charge in [-0.3, -0.25) is 4.68 Å². The van der Waals surface area contributed by atoms with Crippen LogP contribution in [0.1, 0.15) is 0 Å². The van der Waals surface area contributed by atoms with Crippen LogP contribution in [-0.4, -0.2) is 14.3 Å². The number of rotatable bonds is 1. The molecule has 0 aliphatic rings. The van der Waals surface area contributed by atoms with E-state index in [9.17, 15) is 0 Å². The summed E-state index contributed by atoms with van der Waals surface area (Å²) < 4.78 is 5.00. The van der Waals surface area contributed by atoms with Gasteiger partial charge in [0.2, 0.25) is 0 Å². The zero-order valence-corrected chi connectivity index (χ0v) is 11.8. The summed E-state index contributed by atoms with van der Waals surface area (Å²) >= 11 is 3.62. The fourth-order valence-electron chi connectivity index (χ4n) is 2.34. The Morgan fingerprint density at radius 1 is 1.28 bits per heavy atom. The molecule has 0 unspecified atom stereocenters. The van der Waals surface area contributed by atoms with E-state index in [2.05, 4.69) is 37.9 Å². The molecule has 18 heavy (non-hydrogen) atoms. The van der Waals surface area contributed by atoms with Crippen LogP contribution in [0.15, 0.2) is 34.9 Å². The van der Waals surface area contributed by atoms with E-state index in [0.717, 1.165) is 15.7 Å². The SMILES string of the molecule is Cn1nc(N)cc1-c1cn(C)c2cccc(Br)c12. The van der Waals surface area contributed by atoms with E-state index < -0.39 is 0 Å². The van der Waals surface area contributed by atoms with Crippen LogP contribution in [0.2, 0.25) is 0 Å². The molecule has 0 bridgehead atoms. The van der Waals surface area contributed by atoms with Crippen molar-refractivity contribution in [2.45, 2.75) is 0 Å². The molecule has 0 fully saturated rings. The molecule has 0 saturated carbocycles. The highest BCUT2D eigenvalue weighted by Gasteiger charge is 2.14. The van der Waals surface area contributed by atoms with Gasteiger partial charge in [0.1, 0.15) is 5.82 Å². The quantitative estimate of drug-likeness (QED) is 0.751. The maximum Gasteiger partial charge on any atom is 0.146 e. The lowest BCUT2D eigenvalue weighted by Gasteiger charge is -2.01. The van der Waals surface area contributed by atoms with Gasteiger partial charge in [0.05, 0.1) is 5.69 Å². The predicted octanol–water partition coefficient (Wildman–Crippen LogP) is 2.92. The van der Waals surface area contributed by atoms with Gasteiger partial charge in [0.15, 0.2) is 0 Å². The number of nitrogens with zero attached hydrogens (tertiary/aromatic N) is 3. The monoisotopic (exact) mass is 304 g/mol. The predicted molar refractivity (Wildman–Crippen MR) is 77.2 cm³/mol. The molecular weight excluding hydrogens is 292 g/mol. The Kier molecular flexibility index (Phi) is 2.45. The van der Waals surface area contributed by atoms with Crippen LogP contribution in [0.3, 0.4) is 0 Å². The number of aromatic nitrogens is 3. The van der Waals surface area contributed by atoms with Gasteiger partial charge in [-0.1, -0.05) is 22.0 Å². The van der Waals surface area contributed by atoms with Crippen molar-refractivity contribution in [2.24, 2.45) is 14.1 Å². The normalized spacial score (nSPS) is 11.3. The fourth-order valence-corrected chi connectivity index (χ4v) is 2.91. The van der Waals surface area contributed by atoms with Crippen molar-refractivity contribution in [1.82, 2.24) is 14.3 Å². The maximum absolute atomic E-state index is 5.76. The summed E-state index contributed by atoms with van der Waals surface area (Å²) in [5.41, 5.74) is 9.08. The molecule has 2 N–H and O–H groups in total. The number of anilines is 1. The minimum absolute atomic E-state index is 0.538. The largest absolute Gasteiger partial charge is 0.382 e. The topological polar surface area (TPSA) is 48.8 Å². The molecule has 4 nitrogen and oxygen atoms in total. The second-order valence-corrected chi connectivity index (χ2v) is 5.22. The van der Waals surface area contributed by atoms with Crippen LogP contribution in [0.4, 0.5) is 5.82 Å². The summed E-state index contributed by atoms with van der Waals surface area (Å²) in [5.74, 6) is 0.538. The zero-order valence-electron chi connectivity index (χ0n) is 10.2. The summed E-state index contributed by atoms with van der Waals surface area (Å²) in [6, 6.07) is 8.08. The zero-order chi connectivity index (χ0) is 12.9. The second-order valence-electron chi connectivity index (χ2n) is 4.37. The average Bonchev–Trinajstić information content (AvgIpc) is 2.81. The van der Waals surface area contributed by atoms with E-state index in [1.54, 1.807) is 0 Å². The number of benzene rings is 1. The second kappa shape index (κ2) is 3.88. The molecule has 2 heterocycles. The third kappa shape index (κ3) is 1.54. The lowest BCUT2D eigenvalue weighted by atomic mass is 10.1. The smallest absolute Gasteiger partial charge is 0.146 e. The van der Waals surface area contributed by atoms with Gasteiger partial charge in [-0.05, 0) is 12.1 Å². The molecule has 3 aromatic rings. The molecule has 5 heteroatoms. The first-order chi connectivity index (χ1) is 8.58. The Morgan fingerprint density at radius 3 is 2.72 bits per heavy atom. The number of fused-ring (bicyclic) bond motifs is 1. The third-order valence-electron chi connectivity index (χ3n) is 3.14. The molecule has 1 aromatic carbocycles. The molecule has 0 saturated heterocycles. The highest BCUT2D eigenvalue weighted by atomic mass is 79.9. The summed E-state index contributed by atoms with van der Waals surface area (Å²) in [4.78, 5) is 0. The average molecular weight is 305 g/mol. The summed E-state index contributed by atoms with van der Waals surface area (Å²) in [7, 11) is 3.94. The number of hydrogen-bond acceptors (Lipinski definition) is 2. The highest BCUT2D eigenvalue weighted by Crippen LogP contribution is 2.35. The summed E-state index contributed by atoms with van der Waals surface area (Å²) in [5, 5.41) is 5.39. The number of nitrogens with two attached hydrogens (primary N) is 1. The summed E-state index contributed by atoms with van der Waals surface area (Å²) in [6.45, 7) is 0. The van der Waals surface area contributed by atoms with E-state index in [-0.39, 0.29) is 0 Å². The number of hydrogen-bond donors (Lipinski definition) is 1. The standard InChI is InChI=1S/C13H13BrN4/c1-17-7-8(11-6-12(15)16-18(11)2)13-9(14)4-3-5-10(13)17/h3-7H,1-2H3,(H2,15,16). The molecule has 92 valence electrons. The molecule has 2 aromatic heterocycles. The lowest BCUT2D eigenvalue weighted by molar-refractivity contribution is 0.780. The van der Waals surface area contributed by atoms with Crippen molar-refractivity contribution in [3.05, 3.63) is 34.9 Å². The molecule has 0 atom stereocenters. The van der Waals surface area contributed by atoms with E-state index in [0.29, 0.717) is 5.82 Å². The van der Waals surface area contributed by atoms with Crippen molar-refractivity contribution in [2.75, 3.05) is 5.73 Å². The van der Waals surface area contributed by atoms with Gasteiger partial charge in [-0.25, -0.2) is 0 Å². The van der Waals surface area contributed by atoms with E-state index in [1.807, 2.05) is 37.0 Å². The molecule has 0 spiro atoms. The third-order valence-corrected chi connectivity index (χ3v) is 3.80. The van der Waals surface area contributed by atoms with Crippen LogP contribution < -0.4 is 5.73 Å². The Labute approximate surface area is 113 Å². The molecule has 3 rings (SSSR count). The van der Waals surface area contributed by atoms with E-state index in [4.69, 9.17) is 5.73 Å². The first-order valence-corrected chi connectivity index (χ1v) is 6.40. The van der Waals surface area contributed by atoms with Crippen LogP contribution in [-0.2, 0) is 14.1 Å². The number of nitrogen functional groups attached to an aromatic ring is 1. The Bertz CT molecular complexity index is 739. The first kappa shape index (κ1) is 11.3. The Morgan fingerprint density at radius 2 is 2.06 bits per heavy atom. The molecule has 0 aliphatic carbocycles. The van der Waals surface area contributed by atoms with Crippen LogP contribution >= 0.6 is 15.9 Å². The van der Waals surface area contributed by atoms with Gasteiger partial charge < -0.3 is 10.3 Å². The highest BCUT2D eigenvalue weighted by molar-refractivity contribution is 9.10. The van der Waals surface area contributed by atoms with Crippen molar-refractivity contribution in [3.63, 3.8) is 0 Å². The van der Waals surface area contributed by atoms with E-state index in [1.165, 1.54) is 10.9 Å². The summed E-state index contributed by atoms with van der Waals surface area (Å²) in [6.07, 6.45) is 2.10. The van der Waals surface area contributed by atoms with Crippen molar-refractivity contribution in [1.29, 1.82) is 0 Å². The minimum Gasteiger partial charge on any atom is -0.382 e. The molecule has 0 radical (unpaired) electrons. The number of aryl methyl sites for hydroxylation is 2. The molecule has 0 aliphatic heterocycles. The van der Waals surface area contributed by atoms with Crippen molar-refractivity contribution < 1.29 is 0 Å². The minimum atomic E-state index is 0.538. The first-order valence-electron chi connectivity index (χ1n) is 5.61. The van der Waals surface area contributed by atoms with Crippen LogP contribution in [0, 0.1) is 0 Å². The van der Waals surface area contributed by atoms with Gasteiger partial charge in [-0.2, -0.15) is 5.10 Å². The Hall–Kier alpha value is -1.75. The van der Waals surface area contributed by atoms with Crippen LogP contribution in [0.5, 0.6) is 0 Å². The van der Waals surface area contributed by atoms with Crippen LogP contribution in [0.25, 0.3) is 22.2 Å². The maximum atomic E-state index is 5.76. The van der Waals surface area contributed by atoms with Crippen molar-refractivity contribution in [3.8, 4) is 11.3 Å². The molecular formula is C13H13BrN4. The lowest BCUT2D eigenvalue weighted by Crippen LogP contribution is -1.94. The fraction of sp³-hybridized carbons (Fsp3) is 0.154. The van der Waals surface area contributed by atoms with Gasteiger partial charge >= 0.3 is 0 Å².